The molecule has 0 saturated heterocycles. The number of unbranched alkanes of at least 4 members (excludes halogenated alkanes) is 4. The van der Waals surface area contributed by atoms with Gasteiger partial charge in [0.15, 0.2) is 0 Å². The minimum absolute atomic E-state index is 0.0116. The van der Waals surface area contributed by atoms with Crippen molar-refractivity contribution in [1.29, 1.82) is 0 Å². The van der Waals surface area contributed by atoms with E-state index in [4.69, 9.17) is 11.5 Å². The molecule has 0 saturated carbocycles. The van der Waals surface area contributed by atoms with E-state index in [2.05, 4.69) is 38.8 Å². The van der Waals surface area contributed by atoms with Crippen LogP contribution in [0.5, 0.6) is 0 Å². The first-order valence-corrected chi connectivity index (χ1v) is 21.4. The number of hydrogen-bond acceptors (Lipinski definition) is 9. The van der Waals surface area contributed by atoms with Crippen molar-refractivity contribution in [3.8, 4) is 0 Å². The highest BCUT2D eigenvalue weighted by Crippen LogP contribution is 2.14. The molecule has 0 aliphatic heterocycles. The Bertz CT molecular complexity index is 1540. The fraction of sp³-hybridized carbons (Fsp3) is 0.674. The summed E-state index contributed by atoms with van der Waals surface area (Å²) in [4.78, 5) is 105. The lowest BCUT2D eigenvalue weighted by molar-refractivity contribution is -0.142. The Morgan fingerprint density at radius 1 is 0.567 bits per heavy atom. The molecule has 17 nitrogen and oxygen atoms in total. The maximum Gasteiger partial charge on any atom is 0.326 e. The molecule has 1 aromatic rings. The first-order chi connectivity index (χ1) is 28.4. The molecule has 60 heavy (non-hydrogen) atoms. The molecule has 0 aliphatic carbocycles. The van der Waals surface area contributed by atoms with Gasteiger partial charge in [-0.05, 0) is 49.1 Å². The predicted molar refractivity (Wildman–Crippen MR) is 229 cm³/mol. The Hall–Kier alpha value is -5.06. The largest absolute Gasteiger partial charge is 0.480 e. The second kappa shape index (κ2) is 28.4. The molecule has 0 fully saturated rings. The van der Waals surface area contributed by atoms with E-state index in [1.165, 1.54) is 0 Å². The number of primary amides is 2. The molecule has 17 heteroatoms. The number of amides is 7. The standard InChI is InChI=1S/C43H72N8O9/c1-8-11-12-13-17-24-46-36(27(6)9-2)41(57)47-31(21-23-34(45)53)39(55)51-37(28(7)10-3)42(58)48-30(20-22-33(44)52)38(54)50-35(26(4)5)40(56)49-32(43(59)60)25-29-18-15-14-16-19-29/h14-16,18-19,26-28,30-32,35-37,46H,8-13,17,20-25H2,1-7H3,(H2,44,52)(H2,45,53)(H,47,57)(H,48,58)(H,49,56)(H,50,54)(H,51,55)(H,59,60)/t27-,28-,30-,31-,32-,35-,36-,37-/m0/s1. The monoisotopic (exact) mass is 845 g/mol. The number of hydrogen-bond donors (Lipinski definition) is 9. The van der Waals surface area contributed by atoms with Gasteiger partial charge in [-0.15, -0.1) is 0 Å². The SMILES string of the molecule is CCCCCCCN[C@H](C(=O)N[C@@H](CCC(N)=O)C(=O)N[C@H](C(=O)N[C@@H](CCC(N)=O)C(=O)N[C@H](C(=O)N[C@@H](Cc1ccccc1)C(=O)O)C(C)C)[C@@H](C)CC)[C@@H](C)CC. The molecule has 0 heterocycles. The molecule has 0 bridgehead atoms. The summed E-state index contributed by atoms with van der Waals surface area (Å²) in [6, 6.07) is 1.64. The number of carboxylic acid groups (broad SMARTS) is 1. The van der Waals surface area contributed by atoms with E-state index in [0.29, 0.717) is 24.9 Å². The summed E-state index contributed by atoms with van der Waals surface area (Å²) in [5.41, 5.74) is 11.5. The lowest BCUT2D eigenvalue weighted by Gasteiger charge is -2.30. The molecular weight excluding hydrogens is 773 g/mol. The summed E-state index contributed by atoms with van der Waals surface area (Å²) in [6.07, 6.45) is 5.35. The van der Waals surface area contributed by atoms with Gasteiger partial charge in [-0.25, -0.2) is 4.79 Å². The van der Waals surface area contributed by atoms with Crippen LogP contribution in [0.15, 0.2) is 30.3 Å². The minimum Gasteiger partial charge on any atom is -0.480 e. The molecule has 0 aliphatic rings. The third-order valence-corrected chi connectivity index (χ3v) is 10.7. The Balaban J connectivity index is 3.30. The molecule has 11 N–H and O–H groups in total. The number of benzene rings is 1. The average molecular weight is 845 g/mol. The minimum atomic E-state index is -1.41. The zero-order chi connectivity index (χ0) is 45.4. The topological polar surface area (TPSA) is 281 Å². The van der Waals surface area contributed by atoms with Crippen LogP contribution in [0.1, 0.15) is 125 Å². The van der Waals surface area contributed by atoms with Gasteiger partial charge in [0.05, 0.1) is 6.04 Å². The van der Waals surface area contributed by atoms with Crippen LogP contribution in [0.25, 0.3) is 0 Å². The van der Waals surface area contributed by atoms with Crippen molar-refractivity contribution in [2.75, 3.05) is 6.54 Å². The Morgan fingerprint density at radius 3 is 1.48 bits per heavy atom. The van der Waals surface area contributed by atoms with Gasteiger partial charge in [0.25, 0.3) is 0 Å². The molecule has 7 amide bonds. The van der Waals surface area contributed by atoms with Crippen molar-refractivity contribution in [2.45, 2.75) is 162 Å². The fourth-order valence-electron chi connectivity index (χ4n) is 6.46. The van der Waals surface area contributed by atoms with Gasteiger partial charge in [0.2, 0.25) is 41.4 Å². The number of aliphatic carboxylic acids is 1. The van der Waals surface area contributed by atoms with Crippen molar-refractivity contribution in [3.63, 3.8) is 0 Å². The van der Waals surface area contributed by atoms with Crippen molar-refractivity contribution in [1.82, 2.24) is 31.9 Å². The number of carbonyl (C=O) groups excluding carboxylic acids is 7. The molecule has 0 aromatic heterocycles. The zero-order valence-corrected chi connectivity index (χ0v) is 36.6. The molecule has 338 valence electrons. The number of rotatable bonds is 31. The van der Waals surface area contributed by atoms with E-state index in [0.717, 1.165) is 32.1 Å². The summed E-state index contributed by atoms with van der Waals surface area (Å²) in [5, 5.41) is 26.4. The quantitative estimate of drug-likeness (QED) is 0.0490. The van der Waals surface area contributed by atoms with Gasteiger partial charge in [-0.3, -0.25) is 33.6 Å². The third kappa shape index (κ3) is 19.8. The number of carboxylic acids is 1. The summed E-state index contributed by atoms with van der Waals surface area (Å²) < 4.78 is 0. The second-order valence-corrected chi connectivity index (χ2v) is 16.1. The smallest absolute Gasteiger partial charge is 0.326 e. The summed E-state index contributed by atoms with van der Waals surface area (Å²) in [6.45, 7) is 13.4. The summed E-state index contributed by atoms with van der Waals surface area (Å²) >= 11 is 0. The molecular formula is C43H72N8O9. The Morgan fingerprint density at radius 2 is 1.02 bits per heavy atom. The van der Waals surface area contributed by atoms with Crippen molar-refractivity contribution >= 4 is 47.3 Å². The lowest BCUT2D eigenvalue weighted by Crippen LogP contribution is -2.61. The van der Waals surface area contributed by atoms with E-state index in [9.17, 15) is 43.5 Å². The summed E-state index contributed by atoms with van der Waals surface area (Å²) in [5.74, 6) is -7.43. The second-order valence-electron chi connectivity index (χ2n) is 16.1. The molecule has 8 atom stereocenters. The first-order valence-electron chi connectivity index (χ1n) is 21.4. The van der Waals surface area contributed by atoms with E-state index >= 15 is 0 Å². The van der Waals surface area contributed by atoms with Crippen LogP contribution in [-0.4, -0.2) is 95.2 Å². The molecule has 1 rings (SSSR count). The average Bonchev–Trinajstić information content (AvgIpc) is 3.20. The van der Waals surface area contributed by atoms with Gasteiger partial charge >= 0.3 is 5.97 Å². The van der Waals surface area contributed by atoms with Crippen molar-refractivity contribution in [3.05, 3.63) is 35.9 Å². The van der Waals surface area contributed by atoms with E-state index in [1.807, 2.05) is 13.8 Å². The van der Waals surface area contributed by atoms with Gasteiger partial charge in [0, 0.05) is 19.3 Å². The van der Waals surface area contributed by atoms with E-state index in [1.54, 1.807) is 58.0 Å². The fourth-order valence-corrected chi connectivity index (χ4v) is 6.46. The van der Waals surface area contributed by atoms with Gasteiger partial charge < -0.3 is 48.5 Å². The summed E-state index contributed by atoms with van der Waals surface area (Å²) in [7, 11) is 0. The van der Waals surface area contributed by atoms with Gasteiger partial charge in [0.1, 0.15) is 30.2 Å². The van der Waals surface area contributed by atoms with Gasteiger partial charge in [-0.1, -0.05) is 117 Å². The van der Waals surface area contributed by atoms with Crippen molar-refractivity contribution < 1.29 is 43.5 Å². The highest BCUT2D eigenvalue weighted by Gasteiger charge is 2.36. The Kier molecular flexibility index (Phi) is 25.1. The maximum absolute atomic E-state index is 14.0. The van der Waals surface area contributed by atoms with E-state index in [-0.39, 0.29) is 38.0 Å². The molecule has 0 unspecified atom stereocenters. The lowest BCUT2D eigenvalue weighted by atomic mass is 9.95. The molecule has 0 spiro atoms. The molecule has 0 radical (unpaired) electrons. The van der Waals surface area contributed by atoms with Crippen LogP contribution in [0.4, 0.5) is 0 Å². The van der Waals surface area contributed by atoms with Gasteiger partial charge in [-0.2, -0.15) is 0 Å². The Labute approximate surface area is 355 Å². The first kappa shape index (κ1) is 53.0. The highest BCUT2D eigenvalue weighted by molar-refractivity contribution is 5.97. The number of nitrogens with two attached hydrogens (primary N) is 2. The molecule has 1 aromatic carbocycles. The predicted octanol–water partition coefficient (Wildman–Crippen LogP) is 1.95. The number of carbonyl (C=O) groups is 8. The van der Waals surface area contributed by atoms with E-state index < -0.39 is 95.4 Å². The maximum atomic E-state index is 14.0. The highest BCUT2D eigenvalue weighted by atomic mass is 16.4. The number of nitrogens with one attached hydrogen (secondary N) is 6. The zero-order valence-electron chi connectivity index (χ0n) is 36.6. The van der Waals surface area contributed by atoms with Crippen LogP contribution in [0.3, 0.4) is 0 Å². The van der Waals surface area contributed by atoms with Crippen LogP contribution in [0, 0.1) is 17.8 Å². The van der Waals surface area contributed by atoms with Crippen LogP contribution >= 0.6 is 0 Å². The van der Waals surface area contributed by atoms with Crippen LogP contribution in [0.2, 0.25) is 0 Å². The van der Waals surface area contributed by atoms with Crippen LogP contribution < -0.4 is 43.4 Å². The van der Waals surface area contributed by atoms with Crippen molar-refractivity contribution in [2.24, 2.45) is 29.2 Å². The van der Waals surface area contributed by atoms with Crippen LogP contribution in [-0.2, 0) is 44.8 Å². The normalized spacial score (nSPS) is 15.2. The third-order valence-electron chi connectivity index (χ3n) is 10.7.